The Kier molecular flexibility index (Phi) is 3.49. The zero-order valence-electron chi connectivity index (χ0n) is 10.3. The number of thiophene rings is 2. The first kappa shape index (κ1) is 13.2. The molecule has 2 heterocycles. The molecule has 2 aromatic heterocycles. The molecule has 5 heteroatoms. The van der Waals surface area contributed by atoms with Gasteiger partial charge in [0, 0.05) is 10.4 Å². The molecular weight excluding hydrogens is 308 g/mol. The van der Waals surface area contributed by atoms with E-state index in [1.807, 2.05) is 42.5 Å². The fraction of sp³-hybridized carbons (Fsp3) is 0. The number of nitrogens with two attached hydrogens (primary N) is 1. The van der Waals surface area contributed by atoms with Gasteiger partial charge < -0.3 is 5.73 Å². The lowest BCUT2D eigenvalue weighted by Crippen LogP contribution is -1.88. The van der Waals surface area contributed by atoms with Crippen LogP contribution in [0.15, 0.2) is 42.5 Å². The van der Waals surface area contributed by atoms with Crippen molar-refractivity contribution in [1.29, 1.82) is 5.26 Å². The normalized spacial score (nSPS) is 10.4. The van der Waals surface area contributed by atoms with Crippen LogP contribution in [0.5, 0.6) is 0 Å². The molecule has 0 atom stereocenters. The average Bonchev–Trinajstić information content (AvgIpc) is 3.03. The summed E-state index contributed by atoms with van der Waals surface area (Å²) in [6.45, 7) is 0. The van der Waals surface area contributed by atoms with Gasteiger partial charge in [0.2, 0.25) is 0 Å². The minimum absolute atomic E-state index is 0.545. The van der Waals surface area contributed by atoms with Gasteiger partial charge in [0.25, 0.3) is 0 Å². The van der Waals surface area contributed by atoms with Crippen LogP contribution in [0.25, 0.3) is 20.9 Å². The van der Waals surface area contributed by atoms with Gasteiger partial charge in [-0.25, -0.2) is 0 Å². The van der Waals surface area contributed by atoms with Crippen molar-refractivity contribution in [3.63, 3.8) is 0 Å². The fourth-order valence-corrected chi connectivity index (χ4v) is 4.23. The summed E-state index contributed by atoms with van der Waals surface area (Å²) in [5.41, 5.74) is 8.63. The van der Waals surface area contributed by atoms with Crippen LogP contribution in [0, 0.1) is 11.3 Å². The Morgan fingerprint density at radius 3 is 2.40 bits per heavy atom. The van der Waals surface area contributed by atoms with Crippen LogP contribution in [0.3, 0.4) is 0 Å². The maximum Gasteiger partial charge on any atom is 0.129 e. The van der Waals surface area contributed by atoms with Crippen LogP contribution in [0.1, 0.15) is 4.88 Å². The Morgan fingerprint density at radius 1 is 1.05 bits per heavy atom. The van der Waals surface area contributed by atoms with Crippen LogP contribution in [-0.2, 0) is 0 Å². The Morgan fingerprint density at radius 2 is 1.80 bits per heavy atom. The Labute approximate surface area is 129 Å². The monoisotopic (exact) mass is 316 g/mol. The van der Waals surface area contributed by atoms with Gasteiger partial charge in [0.1, 0.15) is 10.9 Å². The summed E-state index contributed by atoms with van der Waals surface area (Å²) in [5.74, 6) is 0. The van der Waals surface area contributed by atoms with Crippen molar-refractivity contribution < 1.29 is 0 Å². The largest absolute Gasteiger partial charge is 0.396 e. The molecule has 1 aromatic carbocycles. The first-order chi connectivity index (χ1) is 9.70. The van der Waals surface area contributed by atoms with Crippen molar-refractivity contribution in [2.75, 3.05) is 5.73 Å². The molecule has 0 bridgehead atoms. The molecule has 0 aliphatic heterocycles. The second-order valence-electron chi connectivity index (χ2n) is 4.13. The van der Waals surface area contributed by atoms with E-state index in [1.165, 1.54) is 22.7 Å². The standard InChI is InChI=1S/C15H9ClN2S2/c16-12-7-6-10(19-12)15-13(9-4-2-1-3-5-9)14(18)11(8-17)20-15/h1-7H,18H2. The molecule has 0 saturated carbocycles. The molecule has 2 N–H and O–H groups in total. The number of hydrogen-bond acceptors (Lipinski definition) is 4. The predicted molar refractivity (Wildman–Crippen MR) is 87.2 cm³/mol. The zero-order valence-corrected chi connectivity index (χ0v) is 12.6. The van der Waals surface area contributed by atoms with Gasteiger partial charge in [-0.3, -0.25) is 0 Å². The van der Waals surface area contributed by atoms with Crippen molar-refractivity contribution in [3.05, 3.63) is 51.7 Å². The lowest BCUT2D eigenvalue weighted by Gasteiger charge is -2.03. The van der Waals surface area contributed by atoms with Crippen molar-refractivity contribution in [2.45, 2.75) is 0 Å². The Balaban J connectivity index is 2.28. The third kappa shape index (κ3) is 2.20. The van der Waals surface area contributed by atoms with Crippen LogP contribution < -0.4 is 5.73 Å². The summed E-state index contributed by atoms with van der Waals surface area (Å²) in [7, 11) is 0. The van der Waals surface area contributed by atoms with E-state index in [1.54, 1.807) is 0 Å². The van der Waals surface area contributed by atoms with Gasteiger partial charge in [0.05, 0.1) is 14.9 Å². The second-order valence-corrected chi connectivity index (χ2v) is 6.87. The van der Waals surface area contributed by atoms with Crippen LogP contribution in [0.4, 0.5) is 5.69 Å². The summed E-state index contributed by atoms with van der Waals surface area (Å²) in [6.07, 6.45) is 0. The topological polar surface area (TPSA) is 49.8 Å². The summed E-state index contributed by atoms with van der Waals surface area (Å²) < 4.78 is 0.726. The SMILES string of the molecule is N#Cc1sc(-c2ccc(Cl)s2)c(-c2ccccc2)c1N. The number of rotatable bonds is 2. The predicted octanol–water partition coefficient (Wildman–Crippen LogP) is 5.25. The highest BCUT2D eigenvalue weighted by Crippen LogP contribution is 2.47. The molecular formula is C15H9ClN2S2. The number of anilines is 1. The van der Waals surface area contributed by atoms with Crippen LogP contribution in [0.2, 0.25) is 4.34 Å². The van der Waals surface area contributed by atoms with E-state index in [9.17, 15) is 5.26 Å². The van der Waals surface area contributed by atoms with E-state index in [2.05, 4.69) is 6.07 Å². The van der Waals surface area contributed by atoms with E-state index >= 15 is 0 Å². The van der Waals surface area contributed by atoms with E-state index in [4.69, 9.17) is 17.3 Å². The third-order valence-electron chi connectivity index (χ3n) is 2.91. The molecule has 0 aliphatic carbocycles. The Hall–Kier alpha value is -1.80. The highest BCUT2D eigenvalue weighted by molar-refractivity contribution is 7.25. The summed E-state index contributed by atoms with van der Waals surface area (Å²) >= 11 is 8.92. The lowest BCUT2D eigenvalue weighted by atomic mass is 10.0. The van der Waals surface area contributed by atoms with Crippen molar-refractivity contribution in [3.8, 4) is 27.0 Å². The second kappa shape index (κ2) is 5.29. The van der Waals surface area contributed by atoms with Crippen molar-refractivity contribution >= 4 is 40.0 Å². The zero-order chi connectivity index (χ0) is 14.1. The number of benzene rings is 1. The molecule has 0 aliphatic rings. The molecule has 2 nitrogen and oxygen atoms in total. The maximum atomic E-state index is 9.21. The van der Waals surface area contributed by atoms with E-state index in [0.717, 1.165) is 25.2 Å². The molecule has 3 aromatic rings. The van der Waals surface area contributed by atoms with Gasteiger partial charge in [-0.05, 0) is 17.7 Å². The molecule has 0 unspecified atom stereocenters. The molecule has 0 radical (unpaired) electrons. The van der Waals surface area contributed by atoms with Gasteiger partial charge >= 0.3 is 0 Å². The summed E-state index contributed by atoms with van der Waals surface area (Å²) in [6, 6.07) is 15.9. The molecule has 3 rings (SSSR count). The number of hydrogen-bond donors (Lipinski definition) is 1. The number of halogens is 1. The minimum Gasteiger partial charge on any atom is -0.396 e. The maximum absolute atomic E-state index is 9.21. The molecule has 0 fully saturated rings. The first-order valence-corrected chi connectivity index (χ1v) is 7.85. The fourth-order valence-electron chi connectivity index (χ4n) is 2.03. The van der Waals surface area contributed by atoms with Gasteiger partial charge in [-0.1, -0.05) is 41.9 Å². The van der Waals surface area contributed by atoms with Crippen LogP contribution in [-0.4, -0.2) is 0 Å². The van der Waals surface area contributed by atoms with Crippen LogP contribution >= 0.6 is 34.3 Å². The lowest BCUT2D eigenvalue weighted by molar-refractivity contribution is 1.52. The van der Waals surface area contributed by atoms with Gasteiger partial charge in [0.15, 0.2) is 0 Å². The molecule has 0 saturated heterocycles. The molecule has 20 heavy (non-hydrogen) atoms. The number of nitriles is 1. The smallest absolute Gasteiger partial charge is 0.129 e. The molecule has 0 spiro atoms. The summed E-state index contributed by atoms with van der Waals surface area (Å²) in [4.78, 5) is 2.58. The van der Waals surface area contributed by atoms with Crippen molar-refractivity contribution in [1.82, 2.24) is 0 Å². The van der Waals surface area contributed by atoms with Crippen molar-refractivity contribution in [2.24, 2.45) is 0 Å². The van der Waals surface area contributed by atoms with Gasteiger partial charge in [-0.15, -0.1) is 22.7 Å². The van der Waals surface area contributed by atoms with E-state index in [0.29, 0.717) is 10.6 Å². The third-order valence-corrected chi connectivity index (χ3v) is 5.43. The van der Waals surface area contributed by atoms with E-state index in [-0.39, 0.29) is 0 Å². The first-order valence-electron chi connectivity index (χ1n) is 5.84. The number of nitrogens with zero attached hydrogens (tertiary/aromatic N) is 1. The minimum atomic E-state index is 0.545. The Bertz CT molecular complexity index is 797. The quantitative estimate of drug-likeness (QED) is 0.702. The highest BCUT2D eigenvalue weighted by Gasteiger charge is 2.19. The molecule has 0 amide bonds. The number of nitrogen functional groups attached to an aromatic ring is 1. The van der Waals surface area contributed by atoms with Gasteiger partial charge in [-0.2, -0.15) is 5.26 Å². The summed E-state index contributed by atoms with van der Waals surface area (Å²) in [5, 5.41) is 9.21. The highest BCUT2D eigenvalue weighted by atomic mass is 35.5. The average molecular weight is 317 g/mol. The molecule has 98 valence electrons. The van der Waals surface area contributed by atoms with E-state index < -0.39 is 0 Å².